The van der Waals surface area contributed by atoms with E-state index >= 15 is 0 Å². The van der Waals surface area contributed by atoms with E-state index in [0.717, 1.165) is 13.0 Å². The van der Waals surface area contributed by atoms with Gasteiger partial charge in [0.25, 0.3) is 0 Å². The molecule has 0 saturated carbocycles. The minimum Gasteiger partial charge on any atom is -0.395 e. The fraction of sp³-hybridized carbons (Fsp3) is 1.00. The molecule has 122 valence electrons. The monoisotopic (exact) mass is 289 g/mol. The summed E-state index contributed by atoms with van der Waals surface area (Å²) < 4.78 is 5.48. The highest BCUT2D eigenvalue weighted by Gasteiger charge is 2.13. The molecule has 0 amide bonds. The molecule has 3 N–H and O–H groups in total. The Bertz CT molecular complexity index is 200. The van der Waals surface area contributed by atoms with Crippen LogP contribution in [0.4, 0.5) is 0 Å². The topological polar surface area (TPSA) is 61.7 Å². The summed E-state index contributed by atoms with van der Waals surface area (Å²) >= 11 is 0. The van der Waals surface area contributed by atoms with E-state index in [1.807, 2.05) is 0 Å². The number of nitrogens with one attached hydrogen (secondary N) is 1. The predicted octanol–water partition coefficient (Wildman–Crippen LogP) is 2.33. The van der Waals surface area contributed by atoms with Gasteiger partial charge in [0, 0.05) is 19.2 Å². The third-order valence-electron chi connectivity index (χ3n) is 3.57. The van der Waals surface area contributed by atoms with Crippen molar-refractivity contribution in [1.29, 1.82) is 0 Å². The quantitative estimate of drug-likeness (QED) is 0.430. The van der Waals surface area contributed by atoms with Gasteiger partial charge in [-0.2, -0.15) is 0 Å². The van der Waals surface area contributed by atoms with E-state index in [-0.39, 0.29) is 12.6 Å². The molecule has 0 rings (SSSR count). The van der Waals surface area contributed by atoms with E-state index in [1.165, 1.54) is 32.1 Å². The second-order valence-electron chi connectivity index (χ2n) is 5.94. The van der Waals surface area contributed by atoms with Gasteiger partial charge in [-0.25, -0.2) is 0 Å². The maximum atomic E-state index is 9.78. The SMILES string of the molecule is CCCCCCCCOCC(O)CNC(CO)C(C)C. The summed E-state index contributed by atoms with van der Waals surface area (Å²) in [5.41, 5.74) is 0. The number of hydrogen-bond donors (Lipinski definition) is 3. The maximum Gasteiger partial charge on any atom is 0.0897 e. The summed E-state index contributed by atoms with van der Waals surface area (Å²) in [7, 11) is 0. The minimum absolute atomic E-state index is 0.0446. The van der Waals surface area contributed by atoms with Crippen LogP contribution in [-0.2, 0) is 4.74 Å². The zero-order chi connectivity index (χ0) is 15.2. The van der Waals surface area contributed by atoms with Gasteiger partial charge in [-0.05, 0) is 12.3 Å². The van der Waals surface area contributed by atoms with E-state index in [4.69, 9.17) is 9.84 Å². The van der Waals surface area contributed by atoms with Crippen LogP contribution in [0, 0.1) is 5.92 Å². The average Bonchev–Trinajstić information content (AvgIpc) is 2.42. The first-order valence-corrected chi connectivity index (χ1v) is 8.21. The normalized spacial score (nSPS) is 14.7. The lowest BCUT2D eigenvalue weighted by Crippen LogP contribution is -2.42. The van der Waals surface area contributed by atoms with Crippen molar-refractivity contribution in [2.75, 3.05) is 26.4 Å². The van der Waals surface area contributed by atoms with Crippen molar-refractivity contribution in [3.8, 4) is 0 Å². The van der Waals surface area contributed by atoms with Crippen LogP contribution in [0.1, 0.15) is 59.3 Å². The molecule has 0 spiro atoms. The van der Waals surface area contributed by atoms with E-state index in [9.17, 15) is 5.11 Å². The zero-order valence-electron chi connectivity index (χ0n) is 13.6. The largest absolute Gasteiger partial charge is 0.395 e. The second-order valence-corrected chi connectivity index (χ2v) is 5.94. The van der Waals surface area contributed by atoms with Crippen LogP contribution in [0.15, 0.2) is 0 Å². The van der Waals surface area contributed by atoms with Crippen molar-refractivity contribution in [2.45, 2.75) is 71.4 Å². The molecule has 4 heteroatoms. The lowest BCUT2D eigenvalue weighted by atomic mass is 10.1. The van der Waals surface area contributed by atoms with Crippen LogP contribution < -0.4 is 5.32 Å². The summed E-state index contributed by atoms with van der Waals surface area (Å²) in [6, 6.07) is 0.0446. The second kappa shape index (κ2) is 13.8. The van der Waals surface area contributed by atoms with E-state index in [0.29, 0.717) is 19.1 Å². The molecule has 0 aromatic heterocycles. The summed E-state index contributed by atoms with van der Waals surface area (Å²) in [6.07, 6.45) is 7.01. The van der Waals surface area contributed by atoms with Crippen molar-refractivity contribution in [3.05, 3.63) is 0 Å². The van der Waals surface area contributed by atoms with Crippen molar-refractivity contribution < 1.29 is 14.9 Å². The molecule has 2 atom stereocenters. The Labute approximate surface area is 124 Å². The van der Waals surface area contributed by atoms with Crippen LogP contribution in [0.3, 0.4) is 0 Å². The Balaban J connectivity index is 3.38. The smallest absolute Gasteiger partial charge is 0.0897 e. The average molecular weight is 289 g/mol. The lowest BCUT2D eigenvalue weighted by molar-refractivity contribution is 0.0318. The van der Waals surface area contributed by atoms with Gasteiger partial charge in [-0.1, -0.05) is 52.9 Å². The molecule has 0 aromatic carbocycles. The number of aliphatic hydroxyl groups is 2. The molecule has 2 unspecified atom stereocenters. The Morgan fingerprint density at radius 3 is 2.30 bits per heavy atom. The van der Waals surface area contributed by atoms with Gasteiger partial charge in [0.05, 0.1) is 19.3 Å². The summed E-state index contributed by atoms with van der Waals surface area (Å²) in [4.78, 5) is 0. The first-order valence-electron chi connectivity index (χ1n) is 8.21. The van der Waals surface area contributed by atoms with E-state index in [2.05, 4.69) is 26.1 Å². The molecule has 0 bridgehead atoms. The molecule has 0 aliphatic rings. The zero-order valence-corrected chi connectivity index (χ0v) is 13.6. The molecule has 0 fully saturated rings. The summed E-state index contributed by atoms with van der Waals surface area (Å²) in [6.45, 7) is 8.00. The van der Waals surface area contributed by atoms with Crippen molar-refractivity contribution in [3.63, 3.8) is 0 Å². The van der Waals surface area contributed by atoms with Crippen LogP contribution in [0.2, 0.25) is 0 Å². The highest BCUT2D eigenvalue weighted by atomic mass is 16.5. The van der Waals surface area contributed by atoms with Gasteiger partial charge >= 0.3 is 0 Å². The van der Waals surface area contributed by atoms with Crippen LogP contribution >= 0.6 is 0 Å². The molecule has 20 heavy (non-hydrogen) atoms. The number of aliphatic hydroxyl groups excluding tert-OH is 2. The molecule has 0 heterocycles. The minimum atomic E-state index is -0.497. The molecule has 0 aliphatic heterocycles. The van der Waals surface area contributed by atoms with Crippen LogP contribution in [0.5, 0.6) is 0 Å². The molecular weight excluding hydrogens is 254 g/mol. The number of unbranched alkanes of at least 4 members (excludes halogenated alkanes) is 5. The Morgan fingerprint density at radius 1 is 1.05 bits per heavy atom. The first-order chi connectivity index (χ1) is 9.61. The van der Waals surface area contributed by atoms with Crippen LogP contribution in [-0.4, -0.2) is 48.7 Å². The van der Waals surface area contributed by atoms with Gasteiger partial charge in [0.2, 0.25) is 0 Å². The Morgan fingerprint density at radius 2 is 1.70 bits per heavy atom. The fourth-order valence-electron chi connectivity index (χ4n) is 2.06. The van der Waals surface area contributed by atoms with Gasteiger partial charge in [0.1, 0.15) is 0 Å². The molecular formula is C16H35NO3. The standard InChI is InChI=1S/C16H35NO3/c1-4-5-6-7-8-9-10-20-13-15(19)11-17-16(12-18)14(2)3/h14-19H,4-13H2,1-3H3. The lowest BCUT2D eigenvalue weighted by Gasteiger charge is -2.21. The molecule has 4 nitrogen and oxygen atoms in total. The fourth-order valence-corrected chi connectivity index (χ4v) is 2.06. The van der Waals surface area contributed by atoms with E-state index in [1.54, 1.807) is 0 Å². The Kier molecular flexibility index (Phi) is 13.7. The third kappa shape index (κ3) is 11.6. The third-order valence-corrected chi connectivity index (χ3v) is 3.57. The van der Waals surface area contributed by atoms with E-state index < -0.39 is 6.10 Å². The van der Waals surface area contributed by atoms with Crippen LogP contribution in [0.25, 0.3) is 0 Å². The van der Waals surface area contributed by atoms with Crippen molar-refractivity contribution in [2.24, 2.45) is 5.92 Å². The highest BCUT2D eigenvalue weighted by molar-refractivity contribution is 4.71. The molecule has 0 saturated heterocycles. The maximum absolute atomic E-state index is 9.78. The predicted molar refractivity (Wildman–Crippen MR) is 83.9 cm³/mol. The highest BCUT2D eigenvalue weighted by Crippen LogP contribution is 2.05. The molecule has 0 radical (unpaired) electrons. The first kappa shape index (κ1) is 19.8. The van der Waals surface area contributed by atoms with Crippen molar-refractivity contribution >= 4 is 0 Å². The number of rotatable bonds is 14. The number of ether oxygens (including phenoxy) is 1. The van der Waals surface area contributed by atoms with Gasteiger partial charge in [-0.15, -0.1) is 0 Å². The molecule has 0 aliphatic carbocycles. The summed E-state index contributed by atoms with van der Waals surface area (Å²) in [5.74, 6) is 0.358. The van der Waals surface area contributed by atoms with Gasteiger partial charge in [0.15, 0.2) is 0 Å². The van der Waals surface area contributed by atoms with Gasteiger partial charge < -0.3 is 20.3 Å². The Hall–Kier alpha value is -0.160. The van der Waals surface area contributed by atoms with Crippen molar-refractivity contribution in [1.82, 2.24) is 5.32 Å². The summed E-state index contributed by atoms with van der Waals surface area (Å²) in [5, 5.41) is 22.1. The van der Waals surface area contributed by atoms with Gasteiger partial charge in [-0.3, -0.25) is 0 Å². The number of hydrogen-bond acceptors (Lipinski definition) is 4. The molecule has 0 aromatic rings.